The van der Waals surface area contributed by atoms with Gasteiger partial charge in [-0.2, -0.15) is 13.2 Å². The van der Waals surface area contributed by atoms with E-state index >= 15 is 0 Å². The third kappa shape index (κ3) is 2.25. The Balaban J connectivity index is 1.59. The summed E-state index contributed by atoms with van der Waals surface area (Å²) in [4.78, 5) is 4.45. The first-order chi connectivity index (χ1) is 12.0. The van der Waals surface area contributed by atoms with Crippen molar-refractivity contribution < 1.29 is 13.2 Å². The molecule has 0 radical (unpaired) electrons. The van der Waals surface area contributed by atoms with Gasteiger partial charge in [-0.05, 0) is 43.4 Å². The topological polar surface area (TPSA) is 43.1 Å². The molecule has 0 bridgehead atoms. The summed E-state index contributed by atoms with van der Waals surface area (Å²) < 4.78 is 40.4. The standard InChI is InChI=1S/C18H15F3N4/c19-18(20,21)13-5-3-12(4-6-13)17(7-8-17)16-24-23-15-14(11-1-2-11)22-9-10-25(15)16/h3-6,9-11H,1-2,7-8H2. The molecule has 128 valence electrons. The van der Waals surface area contributed by atoms with Gasteiger partial charge < -0.3 is 0 Å². The summed E-state index contributed by atoms with van der Waals surface area (Å²) in [7, 11) is 0. The summed E-state index contributed by atoms with van der Waals surface area (Å²) in [6.45, 7) is 0. The second kappa shape index (κ2) is 4.80. The van der Waals surface area contributed by atoms with Gasteiger partial charge in [0.05, 0.1) is 16.7 Å². The second-order valence-corrected chi connectivity index (χ2v) is 6.96. The van der Waals surface area contributed by atoms with Gasteiger partial charge in [0.1, 0.15) is 5.82 Å². The van der Waals surface area contributed by atoms with Gasteiger partial charge >= 0.3 is 6.18 Å². The number of halogens is 3. The molecular formula is C18H15F3N4. The van der Waals surface area contributed by atoms with Crippen LogP contribution in [0.25, 0.3) is 5.65 Å². The number of nitrogens with zero attached hydrogens (tertiary/aromatic N) is 4. The number of alkyl halides is 3. The van der Waals surface area contributed by atoms with Crippen LogP contribution in [0, 0.1) is 0 Å². The molecule has 5 rings (SSSR count). The van der Waals surface area contributed by atoms with E-state index in [9.17, 15) is 13.2 Å². The van der Waals surface area contributed by atoms with Crippen molar-refractivity contribution in [3.63, 3.8) is 0 Å². The van der Waals surface area contributed by atoms with Crippen molar-refractivity contribution in [2.75, 3.05) is 0 Å². The molecule has 0 atom stereocenters. The molecule has 2 heterocycles. The molecular weight excluding hydrogens is 329 g/mol. The fourth-order valence-corrected chi connectivity index (χ4v) is 3.56. The largest absolute Gasteiger partial charge is 0.416 e. The van der Waals surface area contributed by atoms with Crippen molar-refractivity contribution in [1.29, 1.82) is 0 Å². The van der Waals surface area contributed by atoms with E-state index in [1.54, 1.807) is 18.3 Å². The molecule has 4 nitrogen and oxygen atoms in total. The maximum absolute atomic E-state index is 12.8. The highest BCUT2D eigenvalue weighted by Gasteiger charge is 2.50. The lowest BCUT2D eigenvalue weighted by Gasteiger charge is -2.15. The van der Waals surface area contributed by atoms with Crippen LogP contribution in [0.1, 0.15) is 54.2 Å². The van der Waals surface area contributed by atoms with Gasteiger partial charge in [0.25, 0.3) is 0 Å². The predicted octanol–water partition coefficient (Wildman–Crippen LogP) is 4.10. The quantitative estimate of drug-likeness (QED) is 0.718. The van der Waals surface area contributed by atoms with Crippen molar-refractivity contribution in [1.82, 2.24) is 19.6 Å². The van der Waals surface area contributed by atoms with E-state index in [-0.39, 0.29) is 5.41 Å². The summed E-state index contributed by atoms with van der Waals surface area (Å²) in [6.07, 6.45) is 3.26. The lowest BCUT2D eigenvalue weighted by Crippen LogP contribution is -2.14. The van der Waals surface area contributed by atoms with Crippen molar-refractivity contribution in [2.45, 2.75) is 43.2 Å². The number of hydrogen-bond donors (Lipinski definition) is 0. The van der Waals surface area contributed by atoms with Crippen LogP contribution in [0.3, 0.4) is 0 Å². The Morgan fingerprint density at radius 3 is 2.36 bits per heavy atom. The number of hydrogen-bond acceptors (Lipinski definition) is 3. The SMILES string of the molecule is FC(F)(F)c1ccc(C2(c3nnc4c(C5CC5)nccn34)CC2)cc1. The van der Waals surface area contributed by atoms with Gasteiger partial charge in [0.2, 0.25) is 0 Å². The minimum Gasteiger partial charge on any atom is -0.283 e. The summed E-state index contributed by atoms with van der Waals surface area (Å²) in [6, 6.07) is 5.44. The first-order valence-electron chi connectivity index (χ1n) is 8.37. The zero-order chi connectivity index (χ0) is 17.2. The van der Waals surface area contributed by atoms with E-state index in [4.69, 9.17) is 0 Å². The molecule has 0 amide bonds. The first-order valence-corrected chi connectivity index (χ1v) is 8.37. The molecule has 2 aliphatic carbocycles. The van der Waals surface area contributed by atoms with Crippen LogP contribution in [-0.2, 0) is 11.6 Å². The first kappa shape index (κ1) is 14.9. The lowest BCUT2D eigenvalue weighted by atomic mass is 9.94. The normalized spacial score (nSPS) is 19.3. The second-order valence-electron chi connectivity index (χ2n) is 6.96. The summed E-state index contributed by atoms with van der Waals surface area (Å²) in [5.41, 5.74) is 1.65. The van der Waals surface area contributed by atoms with Crippen molar-refractivity contribution in [2.24, 2.45) is 0 Å². The highest BCUT2D eigenvalue weighted by atomic mass is 19.4. The molecule has 1 aromatic carbocycles. The monoisotopic (exact) mass is 344 g/mol. The minimum atomic E-state index is -4.32. The predicted molar refractivity (Wildman–Crippen MR) is 84.2 cm³/mol. The maximum Gasteiger partial charge on any atom is 0.416 e. The molecule has 0 aliphatic heterocycles. The van der Waals surface area contributed by atoms with E-state index in [1.165, 1.54) is 0 Å². The van der Waals surface area contributed by atoms with E-state index in [2.05, 4.69) is 15.2 Å². The van der Waals surface area contributed by atoms with Gasteiger partial charge in [-0.25, -0.2) is 0 Å². The third-order valence-electron chi connectivity index (χ3n) is 5.26. The highest BCUT2D eigenvalue weighted by Crippen LogP contribution is 2.53. The minimum absolute atomic E-state index is 0.342. The Morgan fingerprint density at radius 2 is 1.76 bits per heavy atom. The average Bonchev–Trinajstić information content (AvgIpc) is 3.52. The van der Waals surface area contributed by atoms with Crippen LogP contribution in [-0.4, -0.2) is 19.6 Å². The Morgan fingerprint density at radius 1 is 1.04 bits per heavy atom. The fraction of sp³-hybridized carbons (Fsp3) is 0.389. The number of fused-ring (bicyclic) bond motifs is 1. The van der Waals surface area contributed by atoms with Crippen molar-refractivity contribution in [3.8, 4) is 0 Å². The third-order valence-corrected chi connectivity index (χ3v) is 5.26. The van der Waals surface area contributed by atoms with E-state index in [0.717, 1.165) is 60.5 Å². The van der Waals surface area contributed by atoms with Gasteiger partial charge in [-0.3, -0.25) is 9.38 Å². The van der Waals surface area contributed by atoms with Gasteiger partial charge in [0.15, 0.2) is 5.65 Å². The molecule has 25 heavy (non-hydrogen) atoms. The van der Waals surface area contributed by atoms with Crippen LogP contribution in [0.2, 0.25) is 0 Å². The molecule has 2 saturated carbocycles. The molecule has 0 unspecified atom stereocenters. The van der Waals surface area contributed by atoms with Crippen LogP contribution in [0.5, 0.6) is 0 Å². The Hall–Kier alpha value is -2.44. The van der Waals surface area contributed by atoms with E-state index in [1.807, 2.05) is 10.6 Å². The van der Waals surface area contributed by atoms with Gasteiger partial charge in [-0.15, -0.1) is 10.2 Å². The summed E-state index contributed by atoms with van der Waals surface area (Å²) in [5, 5.41) is 8.74. The molecule has 7 heteroatoms. The highest BCUT2D eigenvalue weighted by molar-refractivity contribution is 5.50. The number of rotatable bonds is 3. The molecule has 0 saturated heterocycles. The molecule has 3 aromatic rings. The average molecular weight is 344 g/mol. The maximum atomic E-state index is 12.8. The van der Waals surface area contributed by atoms with E-state index < -0.39 is 11.7 Å². The Bertz CT molecular complexity index is 951. The zero-order valence-electron chi connectivity index (χ0n) is 13.3. The molecule has 0 N–H and O–H groups in total. The molecule has 2 aliphatic rings. The van der Waals surface area contributed by atoms with Gasteiger partial charge in [-0.1, -0.05) is 12.1 Å². The van der Waals surface area contributed by atoms with E-state index in [0.29, 0.717) is 5.92 Å². The molecule has 2 fully saturated rings. The van der Waals surface area contributed by atoms with Crippen molar-refractivity contribution >= 4 is 5.65 Å². The van der Waals surface area contributed by atoms with Crippen LogP contribution in [0.4, 0.5) is 13.2 Å². The van der Waals surface area contributed by atoms with Crippen LogP contribution >= 0.6 is 0 Å². The Kier molecular flexibility index (Phi) is 2.86. The molecule has 2 aromatic heterocycles. The Labute approximate surface area is 141 Å². The van der Waals surface area contributed by atoms with Crippen LogP contribution < -0.4 is 0 Å². The smallest absolute Gasteiger partial charge is 0.283 e. The summed E-state index contributed by atoms with van der Waals surface area (Å²) >= 11 is 0. The fourth-order valence-electron chi connectivity index (χ4n) is 3.56. The van der Waals surface area contributed by atoms with Crippen LogP contribution in [0.15, 0.2) is 36.7 Å². The van der Waals surface area contributed by atoms with Crippen molar-refractivity contribution in [3.05, 3.63) is 59.3 Å². The molecule has 0 spiro atoms. The lowest BCUT2D eigenvalue weighted by molar-refractivity contribution is -0.137. The number of aromatic nitrogens is 4. The van der Waals surface area contributed by atoms with Gasteiger partial charge in [0, 0.05) is 18.3 Å². The zero-order valence-corrected chi connectivity index (χ0v) is 13.3. The summed E-state index contributed by atoms with van der Waals surface area (Å²) in [5.74, 6) is 1.26. The number of benzene rings is 1.